The molecule has 1 saturated heterocycles. The van der Waals surface area contributed by atoms with Crippen LogP contribution in [0, 0.1) is 5.41 Å². The van der Waals surface area contributed by atoms with E-state index < -0.39 is 11.4 Å². The van der Waals surface area contributed by atoms with Crippen LogP contribution in [0.2, 0.25) is 0 Å². The molecule has 3 amide bonds. The molecule has 2 aliphatic heterocycles. The van der Waals surface area contributed by atoms with Gasteiger partial charge in [-0.05, 0) is 26.7 Å². The zero-order chi connectivity index (χ0) is 15.1. The van der Waals surface area contributed by atoms with Crippen LogP contribution in [0.1, 0.15) is 26.7 Å². The van der Waals surface area contributed by atoms with Crippen LogP contribution in [-0.4, -0.2) is 48.9 Å². The molecule has 0 radical (unpaired) electrons. The fraction of sp³-hybridized carbons (Fsp3) is 0.643. The van der Waals surface area contributed by atoms with Crippen LogP contribution in [-0.2, 0) is 9.53 Å². The van der Waals surface area contributed by atoms with E-state index in [0.29, 0.717) is 18.6 Å². The van der Waals surface area contributed by atoms with Gasteiger partial charge < -0.3 is 9.64 Å². The number of likely N-dealkylation sites (tertiary alicyclic amines) is 1. The average molecular weight is 279 g/mol. The van der Waals surface area contributed by atoms with Crippen molar-refractivity contribution in [3.05, 3.63) is 12.3 Å². The summed E-state index contributed by atoms with van der Waals surface area (Å²) in [5, 5.41) is 2.34. The number of carbonyl (C=O) groups is 2. The van der Waals surface area contributed by atoms with Gasteiger partial charge in [0.05, 0.1) is 12.1 Å². The third-order valence-electron chi connectivity index (χ3n) is 4.59. The highest BCUT2D eigenvalue weighted by Crippen LogP contribution is 2.43. The van der Waals surface area contributed by atoms with E-state index in [9.17, 15) is 9.59 Å². The van der Waals surface area contributed by atoms with Gasteiger partial charge in [0, 0.05) is 25.6 Å². The fourth-order valence-corrected chi connectivity index (χ4v) is 3.33. The smallest absolute Gasteiger partial charge is 0.347 e. The Balaban J connectivity index is 2.56. The highest BCUT2D eigenvalue weighted by Gasteiger charge is 2.56. The standard InChI is InChI=1S/C14H21N3O3/c1-8-6-7-14(11(17(8)4)9(2)20-5)10(3)15-13(19)16-12(14)18/h9,11H,1,6-7H2,2-5H3,(H,16,18,19). The van der Waals surface area contributed by atoms with Crippen molar-refractivity contribution < 1.29 is 14.3 Å². The summed E-state index contributed by atoms with van der Waals surface area (Å²) in [5.41, 5.74) is 0.681. The van der Waals surface area contributed by atoms with Gasteiger partial charge in [0.25, 0.3) is 0 Å². The number of piperidine rings is 1. The lowest BCUT2D eigenvalue weighted by atomic mass is 9.66. The van der Waals surface area contributed by atoms with Gasteiger partial charge >= 0.3 is 6.03 Å². The van der Waals surface area contributed by atoms with Crippen molar-refractivity contribution in [1.82, 2.24) is 10.2 Å². The Kier molecular flexibility index (Phi) is 3.69. The third kappa shape index (κ3) is 1.95. The molecule has 2 aliphatic rings. The van der Waals surface area contributed by atoms with E-state index in [2.05, 4.69) is 16.9 Å². The quantitative estimate of drug-likeness (QED) is 0.827. The number of urea groups is 1. The molecule has 0 aromatic rings. The minimum Gasteiger partial charge on any atom is -0.380 e. The van der Waals surface area contributed by atoms with Gasteiger partial charge in [0.15, 0.2) is 0 Å². The minimum absolute atomic E-state index is 0.193. The Bertz CT molecular complexity index is 500. The van der Waals surface area contributed by atoms with Gasteiger partial charge in [0.2, 0.25) is 5.91 Å². The van der Waals surface area contributed by atoms with Crippen molar-refractivity contribution in [3.8, 4) is 0 Å². The SMILES string of the molecule is C=C1CCC2(C(=O)NC(=O)N=C2C)C(C(C)OC)N1C. The number of aliphatic imine (C=N–C) groups is 1. The number of ether oxygens (including phenoxy) is 1. The summed E-state index contributed by atoms with van der Waals surface area (Å²) in [5.74, 6) is -0.289. The molecule has 6 nitrogen and oxygen atoms in total. The Morgan fingerprint density at radius 2 is 2.20 bits per heavy atom. The Labute approximate surface area is 118 Å². The first kappa shape index (κ1) is 14.7. The van der Waals surface area contributed by atoms with Crippen LogP contribution in [0.25, 0.3) is 0 Å². The topological polar surface area (TPSA) is 71.0 Å². The van der Waals surface area contributed by atoms with E-state index in [1.165, 1.54) is 0 Å². The molecule has 0 aromatic carbocycles. The molecule has 0 aromatic heterocycles. The van der Waals surface area contributed by atoms with Crippen LogP contribution in [0.3, 0.4) is 0 Å². The predicted octanol–water partition coefficient (Wildman–Crippen LogP) is 1.33. The van der Waals surface area contributed by atoms with Crippen LogP contribution in [0.4, 0.5) is 4.79 Å². The summed E-state index contributed by atoms with van der Waals surface area (Å²) in [4.78, 5) is 29.9. The number of nitrogens with one attached hydrogen (secondary N) is 1. The maximum absolute atomic E-state index is 12.6. The minimum atomic E-state index is -0.834. The van der Waals surface area contributed by atoms with E-state index in [1.807, 2.05) is 18.9 Å². The second-order valence-electron chi connectivity index (χ2n) is 5.49. The number of likely N-dealkylation sites (N-methyl/N-ethyl adjacent to an activating group) is 1. The molecule has 2 heterocycles. The number of carbonyl (C=O) groups excluding carboxylic acids is 2. The Morgan fingerprint density at radius 1 is 1.55 bits per heavy atom. The van der Waals surface area contributed by atoms with Crippen molar-refractivity contribution >= 4 is 17.6 Å². The molecular weight excluding hydrogens is 258 g/mol. The number of allylic oxidation sites excluding steroid dienone is 1. The van der Waals surface area contributed by atoms with Crippen LogP contribution < -0.4 is 5.32 Å². The van der Waals surface area contributed by atoms with Gasteiger partial charge in [-0.15, -0.1) is 0 Å². The fourth-order valence-electron chi connectivity index (χ4n) is 3.33. The van der Waals surface area contributed by atoms with E-state index >= 15 is 0 Å². The van der Waals surface area contributed by atoms with Crippen LogP contribution >= 0.6 is 0 Å². The number of hydrogen-bond acceptors (Lipinski definition) is 4. The van der Waals surface area contributed by atoms with E-state index in [-0.39, 0.29) is 18.1 Å². The first-order chi connectivity index (χ1) is 9.34. The van der Waals surface area contributed by atoms with Crippen molar-refractivity contribution in [2.45, 2.75) is 38.8 Å². The van der Waals surface area contributed by atoms with Crippen molar-refractivity contribution in [1.29, 1.82) is 0 Å². The number of amides is 3. The lowest BCUT2D eigenvalue weighted by Crippen LogP contribution is -2.66. The first-order valence-corrected chi connectivity index (χ1v) is 6.69. The highest BCUT2D eigenvalue weighted by atomic mass is 16.5. The number of nitrogens with zero attached hydrogens (tertiary/aromatic N) is 2. The zero-order valence-electron chi connectivity index (χ0n) is 12.4. The normalized spacial score (nSPS) is 32.2. The Morgan fingerprint density at radius 3 is 2.75 bits per heavy atom. The maximum Gasteiger partial charge on any atom is 0.347 e. The number of imide groups is 1. The molecule has 0 aliphatic carbocycles. The lowest BCUT2D eigenvalue weighted by molar-refractivity contribution is -0.134. The molecule has 110 valence electrons. The summed E-state index contributed by atoms with van der Waals surface area (Å²) in [6, 6.07) is -0.820. The molecule has 1 spiro atoms. The molecule has 0 saturated carbocycles. The molecule has 2 rings (SSSR count). The van der Waals surface area contributed by atoms with E-state index in [0.717, 1.165) is 5.70 Å². The Hall–Kier alpha value is -1.69. The van der Waals surface area contributed by atoms with E-state index in [4.69, 9.17) is 4.74 Å². The first-order valence-electron chi connectivity index (χ1n) is 6.69. The van der Waals surface area contributed by atoms with Crippen molar-refractivity contribution in [2.24, 2.45) is 10.4 Å². The molecule has 20 heavy (non-hydrogen) atoms. The summed E-state index contributed by atoms with van der Waals surface area (Å²) in [6.45, 7) is 7.70. The van der Waals surface area contributed by atoms with Gasteiger partial charge in [0.1, 0.15) is 5.41 Å². The molecular formula is C14H21N3O3. The predicted molar refractivity (Wildman–Crippen MR) is 75.5 cm³/mol. The summed E-state index contributed by atoms with van der Waals surface area (Å²) in [6.07, 6.45) is 1.09. The number of methoxy groups -OCH3 is 1. The second-order valence-corrected chi connectivity index (χ2v) is 5.49. The van der Waals surface area contributed by atoms with Crippen molar-refractivity contribution in [2.75, 3.05) is 14.2 Å². The van der Waals surface area contributed by atoms with Gasteiger partial charge in [-0.1, -0.05) is 6.58 Å². The van der Waals surface area contributed by atoms with E-state index in [1.54, 1.807) is 14.0 Å². The monoisotopic (exact) mass is 279 g/mol. The average Bonchev–Trinajstić information content (AvgIpc) is 2.39. The molecule has 1 N–H and O–H groups in total. The van der Waals surface area contributed by atoms with Crippen molar-refractivity contribution in [3.63, 3.8) is 0 Å². The lowest BCUT2D eigenvalue weighted by Gasteiger charge is -2.51. The molecule has 0 bridgehead atoms. The van der Waals surface area contributed by atoms with Crippen LogP contribution in [0.5, 0.6) is 0 Å². The molecule has 6 heteroatoms. The van der Waals surface area contributed by atoms with Gasteiger partial charge in [-0.2, -0.15) is 0 Å². The van der Waals surface area contributed by atoms with Crippen LogP contribution in [0.15, 0.2) is 17.3 Å². The zero-order valence-corrected chi connectivity index (χ0v) is 12.4. The highest BCUT2D eigenvalue weighted by molar-refractivity contribution is 6.19. The summed E-state index contributed by atoms with van der Waals surface area (Å²) in [7, 11) is 3.52. The number of hydrogen-bond donors (Lipinski definition) is 1. The second kappa shape index (κ2) is 5.01. The molecule has 3 unspecified atom stereocenters. The largest absolute Gasteiger partial charge is 0.380 e. The molecule has 3 atom stereocenters. The summed E-state index contributed by atoms with van der Waals surface area (Å²) >= 11 is 0. The maximum atomic E-state index is 12.6. The number of rotatable bonds is 2. The molecule has 1 fully saturated rings. The van der Waals surface area contributed by atoms with Gasteiger partial charge in [-0.25, -0.2) is 9.79 Å². The third-order valence-corrected chi connectivity index (χ3v) is 4.59. The van der Waals surface area contributed by atoms with Gasteiger partial charge in [-0.3, -0.25) is 10.1 Å². The summed E-state index contributed by atoms with van der Waals surface area (Å²) < 4.78 is 5.46.